The molecule has 0 saturated carbocycles. The molecule has 1 aliphatic rings. The van der Waals surface area contributed by atoms with Crippen molar-refractivity contribution in [2.24, 2.45) is 16.7 Å². The topological polar surface area (TPSA) is 40.5 Å². The van der Waals surface area contributed by atoms with Crippen LogP contribution < -0.4 is 0 Å². The van der Waals surface area contributed by atoms with E-state index in [9.17, 15) is 4.79 Å². The number of aliphatic carboxylic acids is 1. The number of rotatable bonds is 3. The molecule has 0 aliphatic carbocycles. The van der Waals surface area contributed by atoms with Crippen molar-refractivity contribution in [2.75, 3.05) is 13.1 Å². The van der Waals surface area contributed by atoms with Crippen molar-refractivity contribution in [1.82, 2.24) is 4.90 Å². The molecule has 0 aromatic carbocycles. The summed E-state index contributed by atoms with van der Waals surface area (Å²) in [6.07, 6.45) is 0.250. The maximum atomic E-state index is 11.0. The summed E-state index contributed by atoms with van der Waals surface area (Å²) >= 11 is 0. The number of carbonyl (C=O) groups is 1. The summed E-state index contributed by atoms with van der Waals surface area (Å²) in [5, 5.41) is 9.01. The van der Waals surface area contributed by atoms with Gasteiger partial charge >= 0.3 is 5.97 Å². The molecule has 0 radical (unpaired) electrons. The quantitative estimate of drug-likeness (QED) is 0.826. The maximum Gasteiger partial charge on any atom is 0.304 e. The normalized spacial score (nSPS) is 21.1. The molecule has 1 atom stereocenters. The highest BCUT2D eigenvalue weighted by Gasteiger charge is 2.42. The first kappa shape index (κ1) is 14.5. The third-order valence-electron chi connectivity index (χ3n) is 3.94. The molecule has 0 bridgehead atoms. The molecule has 1 N–H and O–H groups in total. The molecular formula is C14H27NO2. The van der Waals surface area contributed by atoms with Gasteiger partial charge in [0.1, 0.15) is 0 Å². The van der Waals surface area contributed by atoms with Crippen molar-refractivity contribution < 1.29 is 9.90 Å². The van der Waals surface area contributed by atoms with Crippen LogP contribution in [0.2, 0.25) is 0 Å². The Balaban J connectivity index is 2.61. The molecule has 3 heteroatoms. The van der Waals surface area contributed by atoms with Crippen LogP contribution in [0, 0.1) is 16.7 Å². The average molecular weight is 241 g/mol. The molecule has 1 saturated heterocycles. The Morgan fingerprint density at radius 3 is 2.00 bits per heavy atom. The Kier molecular flexibility index (Phi) is 3.92. The van der Waals surface area contributed by atoms with E-state index in [1.165, 1.54) is 0 Å². The molecule has 17 heavy (non-hydrogen) atoms. The summed E-state index contributed by atoms with van der Waals surface area (Å²) in [7, 11) is 0. The van der Waals surface area contributed by atoms with Gasteiger partial charge in [0.2, 0.25) is 0 Å². The predicted molar refractivity (Wildman–Crippen MR) is 70.0 cm³/mol. The molecule has 0 spiro atoms. The van der Waals surface area contributed by atoms with Crippen LogP contribution in [0.5, 0.6) is 0 Å². The van der Waals surface area contributed by atoms with Gasteiger partial charge in [0, 0.05) is 19.1 Å². The van der Waals surface area contributed by atoms with Crippen LogP contribution in [-0.4, -0.2) is 35.1 Å². The van der Waals surface area contributed by atoms with Crippen molar-refractivity contribution >= 4 is 5.97 Å². The van der Waals surface area contributed by atoms with Crippen LogP contribution in [0.25, 0.3) is 0 Å². The van der Waals surface area contributed by atoms with Gasteiger partial charge in [-0.2, -0.15) is 0 Å². The second-order valence-electron chi connectivity index (χ2n) is 7.50. The first-order chi connectivity index (χ1) is 7.51. The van der Waals surface area contributed by atoms with Gasteiger partial charge in [-0.25, -0.2) is 0 Å². The Morgan fingerprint density at radius 2 is 1.71 bits per heavy atom. The molecule has 0 aromatic heterocycles. The van der Waals surface area contributed by atoms with Gasteiger partial charge in [-0.1, -0.05) is 41.5 Å². The first-order valence-electron chi connectivity index (χ1n) is 6.47. The van der Waals surface area contributed by atoms with E-state index in [2.05, 4.69) is 46.4 Å². The Hall–Kier alpha value is -0.570. The smallest absolute Gasteiger partial charge is 0.304 e. The zero-order valence-electron chi connectivity index (χ0n) is 12.1. The van der Waals surface area contributed by atoms with Gasteiger partial charge in [-0.05, 0) is 16.7 Å². The minimum atomic E-state index is -0.691. The van der Waals surface area contributed by atoms with E-state index < -0.39 is 5.97 Å². The molecule has 0 aromatic rings. The SMILES string of the molecule is CC(C)(C)C1CN(C(CC(=O)O)C(C)(C)C)C1. The fraction of sp³-hybridized carbons (Fsp3) is 0.929. The average Bonchev–Trinajstić information content (AvgIpc) is 1.93. The summed E-state index contributed by atoms with van der Waals surface area (Å²) in [6.45, 7) is 15.3. The molecule has 3 nitrogen and oxygen atoms in total. The molecular weight excluding hydrogens is 214 g/mol. The Labute approximate surface area is 105 Å². The predicted octanol–water partition coefficient (Wildman–Crippen LogP) is 2.85. The summed E-state index contributed by atoms with van der Waals surface area (Å²) in [6, 6.07) is 0.151. The summed E-state index contributed by atoms with van der Waals surface area (Å²) < 4.78 is 0. The fourth-order valence-electron chi connectivity index (χ4n) is 2.46. The van der Waals surface area contributed by atoms with Crippen LogP contribution in [0.1, 0.15) is 48.0 Å². The van der Waals surface area contributed by atoms with Gasteiger partial charge in [0.05, 0.1) is 6.42 Å². The lowest BCUT2D eigenvalue weighted by Crippen LogP contribution is -2.59. The number of likely N-dealkylation sites (tertiary alicyclic amines) is 1. The zero-order chi connectivity index (χ0) is 13.4. The summed E-state index contributed by atoms with van der Waals surface area (Å²) in [4.78, 5) is 13.3. The van der Waals surface area contributed by atoms with E-state index in [-0.39, 0.29) is 17.9 Å². The number of carboxylic acids is 1. The number of nitrogens with zero attached hydrogens (tertiary/aromatic N) is 1. The fourth-order valence-corrected chi connectivity index (χ4v) is 2.46. The van der Waals surface area contributed by atoms with Crippen molar-refractivity contribution in [2.45, 2.75) is 54.0 Å². The van der Waals surface area contributed by atoms with E-state index in [1.807, 2.05) is 0 Å². The van der Waals surface area contributed by atoms with Crippen LogP contribution in [0.4, 0.5) is 0 Å². The lowest BCUT2D eigenvalue weighted by atomic mass is 9.73. The van der Waals surface area contributed by atoms with Crippen LogP contribution in [-0.2, 0) is 4.79 Å². The molecule has 0 amide bonds. The number of carboxylic acid groups (broad SMARTS) is 1. The van der Waals surface area contributed by atoms with E-state index in [0.29, 0.717) is 11.3 Å². The molecule has 1 rings (SSSR count). The number of hydrogen-bond acceptors (Lipinski definition) is 2. The highest BCUT2D eigenvalue weighted by Crippen LogP contribution is 2.39. The van der Waals surface area contributed by atoms with Crippen LogP contribution in [0.3, 0.4) is 0 Å². The van der Waals surface area contributed by atoms with Crippen LogP contribution in [0.15, 0.2) is 0 Å². The molecule has 1 heterocycles. The zero-order valence-corrected chi connectivity index (χ0v) is 12.1. The Bertz CT molecular complexity index is 280. The van der Waals surface area contributed by atoms with E-state index >= 15 is 0 Å². The minimum Gasteiger partial charge on any atom is -0.481 e. The molecule has 1 fully saturated rings. The lowest BCUT2D eigenvalue weighted by molar-refractivity contribution is -0.141. The van der Waals surface area contributed by atoms with Gasteiger partial charge in [0.15, 0.2) is 0 Å². The highest BCUT2D eigenvalue weighted by atomic mass is 16.4. The van der Waals surface area contributed by atoms with Gasteiger partial charge in [0.25, 0.3) is 0 Å². The van der Waals surface area contributed by atoms with E-state index in [0.717, 1.165) is 13.1 Å². The van der Waals surface area contributed by atoms with Gasteiger partial charge < -0.3 is 5.11 Å². The van der Waals surface area contributed by atoms with Crippen molar-refractivity contribution in [3.63, 3.8) is 0 Å². The Morgan fingerprint density at radius 1 is 1.24 bits per heavy atom. The second-order valence-corrected chi connectivity index (χ2v) is 7.50. The minimum absolute atomic E-state index is 0.0290. The van der Waals surface area contributed by atoms with Crippen molar-refractivity contribution in [3.05, 3.63) is 0 Å². The van der Waals surface area contributed by atoms with Crippen molar-refractivity contribution in [1.29, 1.82) is 0 Å². The third-order valence-corrected chi connectivity index (χ3v) is 3.94. The van der Waals surface area contributed by atoms with Gasteiger partial charge in [-0.3, -0.25) is 9.69 Å². The summed E-state index contributed by atoms with van der Waals surface area (Å²) in [5.74, 6) is 0.00489. The van der Waals surface area contributed by atoms with Gasteiger partial charge in [-0.15, -0.1) is 0 Å². The summed E-state index contributed by atoms with van der Waals surface area (Å²) in [5.41, 5.74) is 0.364. The maximum absolute atomic E-state index is 11.0. The van der Waals surface area contributed by atoms with E-state index in [4.69, 9.17) is 5.11 Å². The standard InChI is InChI=1S/C14H27NO2/c1-13(2,3)10-8-15(9-10)11(7-12(16)17)14(4,5)6/h10-11H,7-9H2,1-6H3,(H,16,17). The molecule has 100 valence electrons. The number of hydrogen-bond donors (Lipinski definition) is 1. The monoisotopic (exact) mass is 241 g/mol. The lowest BCUT2D eigenvalue weighted by Gasteiger charge is -2.52. The third kappa shape index (κ3) is 3.70. The highest BCUT2D eigenvalue weighted by molar-refractivity contribution is 5.67. The second kappa shape index (κ2) is 4.60. The van der Waals surface area contributed by atoms with Crippen molar-refractivity contribution in [3.8, 4) is 0 Å². The first-order valence-corrected chi connectivity index (χ1v) is 6.47. The van der Waals surface area contributed by atoms with Crippen LogP contribution >= 0.6 is 0 Å². The largest absolute Gasteiger partial charge is 0.481 e. The van der Waals surface area contributed by atoms with E-state index in [1.54, 1.807) is 0 Å². The molecule has 1 aliphatic heterocycles. The molecule has 1 unspecified atom stereocenters.